The van der Waals surface area contributed by atoms with Crippen LogP contribution in [0.25, 0.3) is 16.7 Å². The molecule has 0 nitrogen and oxygen atoms in total. The molecule has 0 heterocycles. The van der Waals surface area contributed by atoms with Crippen molar-refractivity contribution in [3.63, 3.8) is 0 Å². The molecular formula is C34H28. The first-order valence-electron chi connectivity index (χ1n) is 12.2. The number of rotatable bonds is 0. The highest BCUT2D eigenvalue weighted by atomic mass is 14.5. The van der Waals surface area contributed by atoms with Crippen molar-refractivity contribution in [2.24, 2.45) is 0 Å². The van der Waals surface area contributed by atoms with E-state index in [0.29, 0.717) is 0 Å². The highest BCUT2D eigenvalue weighted by Crippen LogP contribution is 2.62. The molecule has 0 aliphatic heterocycles. The van der Waals surface area contributed by atoms with Gasteiger partial charge in [0.2, 0.25) is 0 Å². The summed E-state index contributed by atoms with van der Waals surface area (Å²) in [6.45, 7) is 2.10. The standard InChI is InChI=1S/C26H18.C8H10/c1-2-10-18-19-11-4-7-15-23(19)26(22(18)14-3-1)24-16-8-5-12-20(24)21-13-6-9-17-25(21)26;1-8-6-4-2-3-5-7-8/h2-17H,1H2;2,4-7H,3H2,1H3. The molecule has 0 bridgehead atoms. The van der Waals surface area contributed by atoms with Gasteiger partial charge in [-0.15, -0.1) is 0 Å². The molecule has 0 saturated heterocycles. The largest absolute Gasteiger partial charge is 0.0807 e. The third kappa shape index (κ3) is 3.06. The topological polar surface area (TPSA) is 0 Å². The Bertz CT molecular complexity index is 1400. The lowest BCUT2D eigenvalue weighted by molar-refractivity contribution is 0.786. The van der Waals surface area contributed by atoms with Crippen LogP contribution < -0.4 is 0 Å². The molecule has 0 saturated carbocycles. The minimum Gasteiger partial charge on any atom is -0.0807 e. The van der Waals surface area contributed by atoms with Gasteiger partial charge in [-0.1, -0.05) is 133 Å². The minimum absolute atomic E-state index is 0.190. The highest BCUT2D eigenvalue weighted by molar-refractivity contribution is 5.98. The van der Waals surface area contributed by atoms with Crippen molar-refractivity contribution in [3.8, 4) is 11.1 Å². The lowest BCUT2D eigenvalue weighted by atomic mass is 9.69. The molecule has 0 unspecified atom stereocenters. The number of allylic oxidation sites excluding steroid dienone is 12. The zero-order valence-electron chi connectivity index (χ0n) is 19.5. The molecule has 7 rings (SSSR count). The number of fused-ring (bicyclic) bond motifs is 9. The van der Waals surface area contributed by atoms with Crippen molar-refractivity contribution in [1.82, 2.24) is 0 Å². The fourth-order valence-corrected chi connectivity index (χ4v) is 5.88. The van der Waals surface area contributed by atoms with Crippen molar-refractivity contribution in [2.75, 3.05) is 0 Å². The van der Waals surface area contributed by atoms with Crippen molar-refractivity contribution in [3.05, 3.63) is 161 Å². The lowest BCUT2D eigenvalue weighted by Crippen LogP contribution is -2.26. The predicted molar refractivity (Wildman–Crippen MR) is 145 cm³/mol. The molecule has 0 heteroatoms. The zero-order chi connectivity index (χ0) is 23.0. The van der Waals surface area contributed by atoms with Gasteiger partial charge in [0.05, 0.1) is 5.41 Å². The first kappa shape index (κ1) is 20.7. The second kappa shape index (κ2) is 8.47. The summed E-state index contributed by atoms with van der Waals surface area (Å²) in [6.07, 6.45) is 22.0. The van der Waals surface area contributed by atoms with Crippen LogP contribution in [0, 0.1) is 0 Å². The van der Waals surface area contributed by atoms with E-state index in [2.05, 4.69) is 134 Å². The highest BCUT2D eigenvalue weighted by Gasteiger charge is 2.51. The van der Waals surface area contributed by atoms with Gasteiger partial charge in [-0.2, -0.15) is 0 Å². The van der Waals surface area contributed by atoms with Crippen LogP contribution in [0.15, 0.2) is 139 Å². The summed E-state index contributed by atoms with van der Waals surface area (Å²) in [6, 6.07) is 26.9. The quantitative estimate of drug-likeness (QED) is 0.330. The van der Waals surface area contributed by atoms with Crippen molar-refractivity contribution < 1.29 is 0 Å². The Morgan fingerprint density at radius 2 is 1.09 bits per heavy atom. The maximum atomic E-state index is 2.37. The zero-order valence-corrected chi connectivity index (χ0v) is 19.5. The van der Waals surface area contributed by atoms with Gasteiger partial charge >= 0.3 is 0 Å². The summed E-state index contributed by atoms with van der Waals surface area (Å²) in [5.41, 5.74) is 12.3. The van der Waals surface area contributed by atoms with E-state index < -0.39 is 0 Å². The molecule has 164 valence electrons. The Hall–Kier alpha value is -3.90. The van der Waals surface area contributed by atoms with Crippen LogP contribution in [-0.2, 0) is 5.41 Å². The van der Waals surface area contributed by atoms with Gasteiger partial charge in [0.1, 0.15) is 0 Å². The fraction of sp³-hybridized carbons (Fsp3) is 0.118. The van der Waals surface area contributed by atoms with Crippen molar-refractivity contribution in [1.29, 1.82) is 0 Å². The van der Waals surface area contributed by atoms with Gasteiger partial charge in [-0.25, -0.2) is 0 Å². The van der Waals surface area contributed by atoms with Gasteiger partial charge in [0, 0.05) is 0 Å². The molecule has 0 atom stereocenters. The molecule has 0 N–H and O–H groups in total. The number of benzene rings is 3. The Morgan fingerprint density at radius 3 is 1.79 bits per heavy atom. The number of hydrogen-bond donors (Lipinski definition) is 0. The summed E-state index contributed by atoms with van der Waals surface area (Å²) in [5, 5.41) is 0. The van der Waals surface area contributed by atoms with E-state index in [1.54, 1.807) is 0 Å². The lowest BCUT2D eigenvalue weighted by Gasteiger charge is -2.31. The summed E-state index contributed by atoms with van der Waals surface area (Å²) < 4.78 is 0. The van der Waals surface area contributed by atoms with Crippen LogP contribution >= 0.6 is 0 Å². The van der Waals surface area contributed by atoms with Gasteiger partial charge in [0.15, 0.2) is 0 Å². The van der Waals surface area contributed by atoms with Crippen LogP contribution in [0.5, 0.6) is 0 Å². The molecule has 34 heavy (non-hydrogen) atoms. The average molecular weight is 437 g/mol. The molecule has 4 aliphatic rings. The summed E-state index contributed by atoms with van der Waals surface area (Å²) in [5.74, 6) is 0. The molecule has 1 spiro atoms. The predicted octanol–water partition coefficient (Wildman–Crippen LogP) is 8.73. The average Bonchev–Trinajstić information content (AvgIpc) is 3.06. The minimum atomic E-state index is -0.190. The second-order valence-corrected chi connectivity index (χ2v) is 9.23. The van der Waals surface area contributed by atoms with Crippen LogP contribution in [0.1, 0.15) is 42.0 Å². The van der Waals surface area contributed by atoms with Gasteiger partial charge in [-0.05, 0) is 64.3 Å². The molecule has 0 amide bonds. The van der Waals surface area contributed by atoms with E-state index in [4.69, 9.17) is 0 Å². The number of hydrogen-bond acceptors (Lipinski definition) is 0. The van der Waals surface area contributed by atoms with Crippen LogP contribution in [0.4, 0.5) is 0 Å². The molecule has 0 aromatic heterocycles. The van der Waals surface area contributed by atoms with E-state index >= 15 is 0 Å². The molecular weight excluding hydrogens is 408 g/mol. The SMILES string of the molecule is C1=CC2=C(C=CC1)C1(c3ccccc32)c2ccccc2-c2ccccc21.CC1=CC=CCC=C1. The van der Waals surface area contributed by atoms with E-state index in [9.17, 15) is 0 Å². The van der Waals surface area contributed by atoms with Gasteiger partial charge < -0.3 is 0 Å². The summed E-state index contributed by atoms with van der Waals surface area (Å²) in [7, 11) is 0. The van der Waals surface area contributed by atoms with Crippen molar-refractivity contribution in [2.45, 2.75) is 25.2 Å². The summed E-state index contributed by atoms with van der Waals surface area (Å²) in [4.78, 5) is 0. The van der Waals surface area contributed by atoms with E-state index in [1.165, 1.54) is 50.1 Å². The normalized spacial score (nSPS) is 17.7. The Labute approximate surface area is 202 Å². The van der Waals surface area contributed by atoms with Crippen LogP contribution in [0.2, 0.25) is 0 Å². The maximum Gasteiger partial charge on any atom is 0.0725 e. The van der Waals surface area contributed by atoms with Crippen molar-refractivity contribution >= 4 is 5.57 Å². The molecule has 3 aromatic rings. The molecule has 4 aliphatic carbocycles. The van der Waals surface area contributed by atoms with E-state index in [-0.39, 0.29) is 5.41 Å². The maximum absolute atomic E-state index is 2.37. The monoisotopic (exact) mass is 436 g/mol. The first-order chi connectivity index (χ1) is 16.8. The Morgan fingerprint density at radius 1 is 0.559 bits per heavy atom. The Kier molecular flexibility index (Phi) is 5.15. The third-order valence-corrected chi connectivity index (χ3v) is 7.26. The second-order valence-electron chi connectivity index (χ2n) is 9.23. The van der Waals surface area contributed by atoms with Gasteiger partial charge in [-0.3, -0.25) is 0 Å². The smallest absolute Gasteiger partial charge is 0.0725 e. The van der Waals surface area contributed by atoms with E-state index in [0.717, 1.165) is 12.8 Å². The molecule has 0 radical (unpaired) electrons. The van der Waals surface area contributed by atoms with E-state index in [1.807, 2.05) is 0 Å². The van der Waals surface area contributed by atoms with Crippen LogP contribution in [0.3, 0.4) is 0 Å². The third-order valence-electron chi connectivity index (χ3n) is 7.26. The summed E-state index contributed by atoms with van der Waals surface area (Å²) >= 11 is 0. The van der Waals surface area contributed by atoms with Crippen LogP contribution in [-0.4, -0.2) is 0 Å². The molecule has 3 aromatic carbocycles. The molecule has 0 fully saturated rings. The fourth-order valence-electron chi connectivity index (χ4n) is 5.88. The van der Waals surface area contributed by atoms with Gasteiger partial charge in [0.25, 0.3) is 0 Å². The first-order valence-corrected chi connectivity index (χ1v) is 12.2. The Balaban J connectivity index is 0.000000233.